The highest BCUT2D eigenvalue weighted by atomic mass is 16.5. The molecule has 1 amide bonds. The highest BCUT2D eigenvalue weighted by Crippen LogP contribution is 2.17. The first-order chi connectivity index (χ1) is 9.65. The second-order valence-corrected chi connectivity index (χ2v) is 4.53. The normalized spacial score (nSPS) is 11.8. The maximum atomic E-state index is 11.6. The molecular formula is C15H23NO4. The molecule has 0 radical (unpaired) electrons. The van der Waals surface area contributed by atoms with E-state index in [2.05, 4.69) is 12.2 Å². The third kappa shape index (κ3) is 6.43. The number of rotatable bonds is 9. The second kappa shape index (κ2) is 9.20. The Kier molecular flexibility index (Phi) is 7.50. The van der Waals surface area contributed by atoms with Gasteiger partial charge in [0.1, 0.15) is 11.5 Å². The molecule has 0 fully saturated rings. The molecule has 1 aromatic rings. The van der Waals surface area contributed by atoms with Crippen molar-refractivity contribution in [3.63, 3.8) is 0 Å². The lowest BCUT2D eigenvalue weighted by Gasteiger charge is -2.13. The summed E-state index contributed by atoms with van der Waals surface area (Å²) in [4.78, 5) is 11.6. The molecule has 0 aromatic heterocycles. The van der Waals surface area contributed by atoms with E-state index in [0.29, 0.717) is 19.0 Å². The van der Waals surface area contributed by atoms with Crippen LogP contribution in [0, 0.1) is 0 Å². The summed E-state index contributed by atoms with van der Waals surface area (Å²) in [5.41, 5.74) is 0. The Labute approximate surface area is 120 Å². The minimum absolute atomic E-state index is 0.0107. The van der Waals surface area contributed by atoms with Crippen LogP contribution in [0.15, 0.2) is 24.3 Å². The quantitative estimate of drug-likeness (QED) is 0.752. The Bertz CT molecular complexity index is 391. The summed E-state index contributed by atoms with van der Waals surface area (Å²) in [5, 5.41) is 2.78. The Morgan fingerprint density at radius 2 is 1.80 bits per heavy atom. The molecule has 0 aliphatic rings. The van der Waals surface area contributed by atoms with Crippen LogP contribution in [0.25, 0.3) is 0 Å². The van der Waals surface area contributed by atoms with Crippen molar-refractivity contribution in [2.45, 2.75) is 26.3 Å². The van der Waals surface area contributed by atoms with Gasteiger partial charge in [-0.25, -0.2) is 0 Å². The van der Waals surface area contributed by atoms with Crippen molar-refractivity contribution in [3.05, 3.63) is 24.3 Å². The lowest BCUT2D eigenvalue weighted by molar-refractivity contribution is -0.124. The van der Waals surface area contributed by atoms with Crippen LogP contribution in [0.2, 0.25) is 0 Å². The van der Waals surface area contributed by atoms with Crippen molar-refractivity contribution in [2.75, 3.05) is 26.9 Å². The summed E-state index contributed by atoms with van der Waals surface area (Å²) in [6, 6.07) is 7.21. The standard InChI is InChI=1S/C15H23NO4/c1-4-9-19-13-5-7-14(8-6-13)20-11-15(17)16-12(2)10-18-3/h5-8,12H,4,9-11H2,1-3H3,(H,16,17). The lowest BCUT2D eigenvalue weighted by Crippen LogP contribution is -2.38. The molecule has 1 unspecified atom stereocenters. The van der Waals surface area contributed by atoms with Gasteiger partial charge < -0.3 is 19.5 Å². The fraction of sp³-hybridized carbons (Fsp3) is 0.533. The van der Waals surface area contributed by atoms with Gasteiger partial charge >= 0.3 is 0 Å². The Hall–Kier alpha value is -1.75. The van der Waals surface area contributed by atoms with Crippen molar-refractivity contribution in [1.29, 1.82) is 0 Å². The molecule has 0 saturated heterocycles. The summed E-state index contributed by atoms with van der Waals surface area (Å²) in [6.07, 6.45) is 0.970. The maximum Gasteiger partial charge on any atom is 0.258 e. The van der Waals surface area contributed by atoms with Crippen LogP contribution in [0.4, 0.5) is 0 Å². The topological polar surface area (TPSA) is 56.8 Å². The zero-order chi connectivity index (χ0) is 14.8. The van der Waals surface area contributed by atoms with Gasteiger partial charge in [0, 0.05) is 13.2 Å². The monoisotopic (exact) mass is 281 g/mol. The number of carbonyl (C=O) groups excluding carboxylic acids is 1. The fourth-order valence-electron chi connectivity index (χ4n) is 1.61. The molecule has 1 N–H and O–H groups in total. The predicted molar refractivity (Wildman–Crippen MR) is 77.2 cm³/mol. The highest BCUT2D eigenvalue weighted by molar-refractivity contribution is 5.77. The minimum atomic E-state index is -0.166. The van der Waals surface area contributed by atoms with E-state index in [9.17, 15) is 4.79 Å². The Morgan fingerprint density at radius 3 is 2.35 bits per heavy atom. The minimum Gasteiger partial charge on any atom is -0.494 e. The van der Waals surface area contributed by atoms with Gasteiger partial charge in [-0.15, -0.1) is 0 Å². The maximum absolute atomic E-state index is 11.6. The molecule has 0 saturated carbocycles. The molecule has 5 heteroatoms. The van der Waals surface area contributed by atoms with Gasteiger partial charge in [-0.05, 0) is 37.6 Å². The third-order valence-corrected chi connectivity index (χ3v) is 2.49. The van der Waals surface area contributed by atoms with Crippen molar-refractivity contribution in [3.8, 4) is 11.5 Å². The SMILES string of the molecule is CCCOc1ccc(OCC(=O)NC(C)COC)cc1. The second-order valence-electron chi connectivity index (χ2n) is 4.53. The van der Waals surface area contributed by atoms with Gasteiger partial charge in [0.05, 0.1) is 13.2 Å². The zero-order valence-electron chi connectivity index (χ0n) is 12.3. The number of nitrogens with one attached hydrogen (secondary N) is 1. The van der Waals surface area contributed by atoms with E-state index in [-0.39, 0.29) is 18.6 Å². The number of amides is 1. The van der Waals surface area contributed by atoms with Crippen LogP contribution >= 0.6 is 0 Å². The number of hydrogen-bond donors (Lipinski definition) is 1. The van der Waals surface area contributed by atoms with E-state index in [1.54, 1.807) is 19.2 Å². The summed E-state index contributed by atoms with van der Waals surface area (Å²) < 4.78 is 15.8. The van der Waals surface area contributed by atoms with Gasteiger partial charge in [0.25, 0.3) is 5.91 Å². The first-order valence-electron chi connectivity index (χ1n) is 6.79. The fourth-order valence-corrected chi connectivity index (χ4v) is 1.61. The molecule has 1 atom stereocenters. The van der Waals surface area contributed by atoms with Gasteiger partial charge in [0.2, 0.25) is 0 Å². The predicted octanol–water partition coefficient (Wildman–Crippen LogP) is 2.01. The van der Waals surface area contributed by atoms with Gasteiger partial charge in [-0.1, -0.05) is 6.92 Å². The summed E-state index contributed by atoms with van der Waals surface area (Å²) >= 11 is 0. The summed E-state index contributed by atoms with van der Waals surface area (Å²) in [7, 11) is 1.60. The highest BCUT2D eigenvalue weighted by Gasteiger charge is 2.07. The van der Waals surface area contributed by atoms with Gasteiger partial charge in [0.15, 0.2) is 6.61 Å². The average molecular weight is 281 g/mol. The average Bonchev–Trinajstić information content (AvgIpc) is 2.44. The molecule has 1 rings (SSSR count). The van der Waals surface area contributed by atoms with Crippen LogP contribution < -0.4 is 14.8 Å². The zero-order valence-corrected chi connectivity index (χ0v) is 12.3. The summed E-state index contributed by atoms with van der Waals surface area (Å²) in [5.74, 6) is 1.28. The molecule has 1 aromatic carbocycles. The number of benzene rings is 1. The van der Waals surface area contributed by atoms with Gasteiger partial charge in [-0.3, -0.25) is 4.79 Å². The van der Waals surface area contributed by atoms with Crippen LogP contribution in [-0.4, -0.2) is 38.9 Å². The summed E-state index contributed by atoms with van der Waals surface area (Å²) in [6.45, 7) is 5.10. The van der Waals surface area contributed by atoms with Crippen LogP contribution in [-0.2, 0) is 9.53 Å². The lowest BCUT2D eigenvalue weighted by atomic mass is 10.3. The molecule has 20 heavy (non-hydrogen) atoms. The van der Waals surface area contributed by atoms with Crippen molar-refractivity contribution >= 4 is 5.91 Å². The van der Waals surface area contributed by atoms with Crippen molar-refractivity contribution in [1.82, 2.24) is 5.32 Å². The number of hydrogen-bond acceptors (Lipinski definition) is 4. The Morgan fingerprint density at radius 1 is 1.20 bits per heavy atom. The molecule has 0 aliphatic heterocycles. The van der Waals surface area contributed by atoms with E-state index in [1.807, 2.05) is 19.1 Å². The molecular weight excluding hydrogens is 258 g/mol. The number of methoxy groups -OCH3 is 1. The van der Waals surface area contributed by atoms with E-state index in [0.717, 1.165) is 12.2 Å². The largest absolute Gasteiger partial charge is 0.494 e. The van der Waals surface area contributed by atoms with E-state index >= 15 is 0 Å². The first kappa shape index (κ1) is 16.3. The first-order valence-corrected chi connectivity index (χ1v) is 6.79. The Balaban J connectivity index is 2.32. The van der Waals surface area contributed by atoms with Crippen LogP contribution in [0.3, 0.4) is 0 Å². The van der Waals surface area contributed by atoms with Crippen LogP contribution in [0.5, 0.6) is 11.5 Å². The van der Waals surface area contributed by atoms with E-state index in [4.69, 9.17) is 14.2 Å². The smallest absolute Gasteiger partial charge is 0.258 e. The molecule has 0 spiro atoms. The van der Waals surface area contributed by atoms with Gasteiger partial charge in [-0.2, -0.15) is 0 Å². The third-order valence-electron chi connectivity index (χ3n) is 2.49. The van der Waals surface area contributed by atoms with E-state index in [1.165, 1.54) is 0 Å². The van der Waals surface area contributed by atoms with Crippen LogP contribution in [0.1, 0.15) is 20.3 Å². The number of ether oxygens (including phenoxy) is 3. The molecule has 0 heterocycles. The molecule has 0 bridgehead atoms. The van der Waals surface area contributed by atoms with Crippen molar-refractivity contribution in [2.24, 2.45) is 0 Å². The number of carbonyl (C=O) groups is 1. The molecule has 5 nitrogen and oxygen atoms in total. The van der Waals surface area contributed by atoms with Crippen molar-refractivity contribution < 1.29 is 19.0 Å². The molecule has 0 aliphatic carbocycles. The van der Waals surface area contributed by atoms with E-state index < -0.39 is 0 Å². The molecule has 112 valence electrons.